The zero-order valence-electron chi connectivity index (χ0n) is 11.9. The molecule has 0 aromatic heterocycles. The van der Waals surface area contributed by atoms with E-state index < -0.39 is 6.03 Å². The summed E-state index contributed by atoms with van der Waals surface area (Å²) in [4.78, 5) is 15.7. The van der Waals surface area contributed by atoms with Gasteiger partial charge in [0.2, 0.25) is 0 Å². The molecule has 0 heterocycles. The molecule has 0 unspecified atom stereocenters. The second kappa shape index (κ2) is 9.17. The number of nitrogens with two attached hydrogens (primary N) is 1. The molecule has 0 radical (unpaired) electrons. The lowest BCUT2D eigenvalue weighted by Crippen LogP contribution is -2.40. The van der Waals surface area contributed by atoms with Crippen molar-refractivity contribution in [3.63, 3.8) is 0 Å². The molecule has 1 aromatic carbocycles. The number of aryl methyl sites for hydroxylation is 2. The number of benzene rings is 1. The Morgan fingerprint density at radius 2 is 1.95 bits per heavy atom. The van der Waals surface area contributed by atoms with E-state index in [0.717, 1.165) is 16.8 Å². The van der Waals surface area contributed by atoms with Gasteiger partial charge in [0.25, 0.3) is 0 Å². The quantitative estimate of drug-likeness (QED) is 0.450. The van der Waals surface area contributed by atoms with Gasteiger partial charge in [-0.25, -0.2) is 4.79 Å². The van der Waals surface area contributed by atoms with Crippen molar-refractivity contribution >= 4 is 30.1 Å². The van der Waals surface area contributed by atoms with Gasteiger partial charge in [-0.15, -0.1) is 12.4 Å². The number of ether oxygens (including phenoxy) is 1. The molecule has 0 aliphatic rings. The lowest BCUT2D eigenvalue weighted by Gasteiger charge is -2.12. The van der Waals surface area contributed by atoms with Gasteiger partial charge in [-0.1, -0.05) is 18.2 Å². The molecular weight excluding hydrogens is 280 g/mol. The van der Waals surface area contributed by atoms with Crippen LogP contribution in [0.15, 0.2) is 23.2 Å². The van der Waals surface area contributed by atoms with Crippen LogP contribution in [-0.2, 0) is 4.74 Å². The average molecular weight is 301 g/mol. The molecule has 0 fully saturated rings. The van der Waals surface area contributed by atoms with Gasteiger partial charge in [-0.3, -0.25) is 10.3 Å². The van der Waals surface area contributed by atoms with E-state index in [2.05, 4.69) is 15.6 Å². The normalized spacial score (nSPS) is 10.7. The van der Waals surface area contributed by atoms with Crippen molar-refractivity contribution in [3.05, 3.63) is 29.3 Å². The summed E-state index contributed by atoms with van der Waals surface area (Å²) in [5.41, 5.74) is 8.33. The van der Waals surface area contributed by atoms with Crippen molar-refractivity contribution in [2.75, 3.05) is 25.6 Å². The zero-order valence-corrected chi connectivity index (χ0v) is 12.7. The molecule has 0 saturated carbocycles. The summed E-state index contributed by atoms with van der Waals surface area (Å²) in [6.07, 6.45) is 0. The first kappa shape index (κ1) is 18.2. The molecular formula is C13H21ClN4O2. The minimum absolute atomic E-state index is 0. The highest BCUT2D eigenvalue weighted by molar-refractivity contribution is 6.02. The SMILES string of the molecule is COCCN=C(N)NC(=O)Nc1c(C)cccc1C.Cl. The number of rotatable bonds is 4. The number of nitrogens with zero attached hydrogens (tertiary/aromatic N) is 1. The fourth-order valence-electron chi connectivity index (χ4n) is 1.57. The molecule has 1 aromatic rings. The summed E-state index contributed by atoms with van der Waals surface area (Å²) < 4.78 is 4.83. The Hall–Kier alpha value is -1.79. The second-order valence-corrected chi connectivity index (χ2v) is 4.11. The zero-order chi connectivity index (χ0) is 14.3. The van der Waals surface area contributed by atoms with Crippen LogP contribution in [0, 0.1) is 13.8 Å². The van der Waals surface area contributed by atoms with Crippen LogP contribution < -0.4 is 16.4 Å². The van der Waals surface area contributed by atoms with Crippen LogP contribution in [-0.4, -0.2) is 32.3 Å². The molecule has 0 aliphatic carbocycles. The summed E-state index contributed by atoms with van der Waals surface area (Å²) in [5.74, 6) is 0.0702. The molecule has 112 valence electrons. The molecule has 1 rings (SSSR count). The van der Waals surface area contributed by atoms with Crippen LogP contribution in [0.4, 0.5) is 10.5 Å². The molecule has 0 atom stereocenters. The predicted molar refractivity (Wildman–Crippen MR) is 83.7 cm³/mol. The maximum atomic E-state index is 11.7. The Bertz CT molecular complexity index is 457. The maximum absolute atomic E-state index is 11.7. The van der Waals surface area contributed by atoms with Crippen molar-refractivity contribution < 1.29 is 9.53 Å². The van der Waals surface area contributed by atoms with E-state index in [4.69, 9.17) is 10.5 Å². The number of anilines is 1. The first-order valence-electron chi connectivity index (χ1n) is 5.97. The molecule has 0 saturated heterocycles. The molecule has 2 amide bonds. The van der Waals surface area contributed by atoms with Gasteiger partial charge in [-0.05, 0) is 25.0 Å². The van der Waals surface area contributed by atoms with Gasteiger partial charge in [0.15, 0.2) is 5.96 Å². The Morgan fingerprint density at radius 3 is 2.50 bits per heavy atom. The lowest BCUT2D eigenvalue weighted by atomic mass is 10.1. The highest BCUT2D eigenvalue weighted by atomic mass is 35.5. The monoisotopic (exact) mass is 300 g/mol. The smallest absolute Gasteiger partial charge is 0.326 e. The molecule has 0 aliphatic heterocycles. The van der Waals surface area contributed by atoms with Crippen LogP contribution >= 0.6 is 12.4 Å². The number of hydrogen-bond acceptors (Lipinski definition) is 3. The molecule has 20 heavy (non-hydrogen) atoms. The van der Waals surface area contributed by atoms with E-state index in [1.165, 1.54) is 0 Å². The number of para-hydroxylation sites is 1. The highest BCUT2D eigenvalue weighted by Gasteiger charge is 2.07. The number of methoxy groups -OCH3 is 1. The van der Waals surface area contributed by atoms with Crippen molar-refractivity contribution in [2.24, 2.45) is 10.7 Å². The molecule has 0 bridgehead atoms. The fourth-order valence-corrected chi connectivity index (χ4v) is 1.57. The third kappa shape index (κ3) is 5.90. The van der Waals surface area contributed by atoms with E-state index in [0.29, 0.717) is 13.2 Å². The van der Waals surface area contributed by atoms with Gasteiger partial charge in [0.05, 0.1) is 13.2 Å². The van der Waals surface area contributed by atoms with Gasteiger partial charge in [0.1, 0.15) is 0 Å². The molecule has 0 spiro atoms. The van der Waals surface area contributed by atoms with Crippen molar-refractivity contribution in [3.8, 4) is 0 Å². The minimum Gasteiger partial charge on any atom is -0.383 e. The number of carbonyl (C=O) groups is 1. The number of amides is 2. The lowest BCUT2D eigenvalue weighted by molar-refractivity contribution is 0.208. The average Bonchev–Trinajstić information content (AvgIpc) is 2.34. The van der Waals surface area contributed by atoms with Gasteiger partial charge >= 0.3 is 6.03 Å². The Balaban J connectivity index is 0.00000361. The van der Waals surface area contributed by atoms with E-state index >= 15 is 0 Å². The third-order valence-corrected chi connectivity index (χ3v) is 2.54. The summed E-state index contributed by atoms with van der Waals surface area (Å²) in [7, 11) is 1.58. The van der Waals surface area contributed by atoms with Gasteiger partial charge < -0.3 is 15.8 Å². The van der Waals surface area contributed by atoms with E-state index in [1.807, 2.05) is 32.0 Å². The van der Waals surface area contributed by atoms with Crippen LogP contribution in [0.1, 0.15) is 11.1 Å². The summed E-state index contributed by atoms with van der Waals surface area (Å²) >= 11 is 0. The van der Waals surface area contributed by atoms with Crippen LogP contribution in [0.5, 0.6) is 0 Å². The number of aliphatic imine (C=N–C) groups is 1. The Labute approximate surface area is 125 Å². The first-order chi connectivity index (χ1) is 9.04. The van der Waals surface area contributed by atoms with E-state index in [9.17, 15) is 4.79 Å². The largest absolute Gasteiger partial charge is 0.383 e. The van der Waals surface area contributed by atoms with E-state index in [-0.39, 0.29) is 18.4 Å². The van der Waals surface area contributed by atoms with Crippen LogP contribution in [0.3, 0.4) is 0 Å². The summed E-state index contributed by atoms with van der Waals surface area (Å²) in [6, 6.07) is 5.39. The summed E-state index contributed by atoms with van der Waals surface area (Å²) in [5, 5.41) is 5.22. The number of hydrogen-bond donors (Lipinski definition) is 3. The number of urea groups is 1. The van der Waals surface area contributed by atoms with Crippen molar-refractivity contribution in [1.29, 1.82) is 0 Å². The number of guanidine groups is 1. The molecule has 6 nitrogen and oxygen atoms in total. The molecule has 7 heteroatoms. The van der Waals surface area contributed by atoms with E-state index in [1.54, 1.807) is 7.11 Å². The van der Waals surface area contributed by atoms with Gasteiger partial charge in [-0.2, -0.15) is 0 Å². The topological polar surface area (TPSA) is 88.7 Å². The maximum Gasteiger partial charge on any atom is 0.326 e. The first-order valence-corrected chi connectivity index (χ1v) is 5.97. The van der Waals surface area contributed by atoms with Crippen LogP contribution in [0.2, 0.25) is 0 Å². The fraction of sp³-hybridized carbons (Fsp3) is 0.385. The van der Waals surface area contributed by atoms with Crippen LogP contribution in [0.25, 0.3) is 0 Å². The predicted octanol–water partition coefficient (Wildman–Crippen LogP) is 1.81. The Morgan fingerprint density at radius 1 is 1.35 bits per heavy atom. The van der Waals surface area contributed by atoms with Gasteiger partial charge in [0, 0.05) is 12.8 Å². The number of nitrogens with one attached hydrogen (secondary N) is 2. The minimum atomic E-state index is -0.406. The summed E-state index contributed by atoms with van der Waals surface area (Å²) in [6.45, 7) is 4.73. The molecule has 4 N–H and O–H groups in total. The number of halogens is 1. The Kier molecular flexibility index (Phi) is 8.35. The standard InChI is InChI=1S/C13H20N4O2.ClH/c1-9-5-4-6-10(2)11(9)16-13(18)17-12(14)15-7-8-19-3;/h4-6H,7-8H2,1-3H3,(H4,14,15,16,17,18);1H. The third-order valence-electron chi connectivity index (χ3n) is 2.54. The highest BCUT2D eigenvalue weighted by Crippen LogP contribution is 2.18. The van der Waals surface area contributed by atoms with Crippen molar-refractivity contribution in [2.45, 2.75) is 13.8 Å². The van der Waals surface area contributed by atoms with Crippen molar-refractivity contribution in [1.82, 2.24) is 5.32 Å². The second-order valence-electron chi connectivity index (χ2n) is 4.11. The number of carbonyl (C=O) groups excluding carboxylic acids is 1.